The van der Waals surface area contributed by atoms with E-state index in [1.54, 1.807) is 0 Å². The first-order valence-corrected chi connectivity index (χ1v) is 10.5. The molecule has 0 saturated carbocycles. The highest BCUT2D eigenvalue weighted by Gasteiger charge is 2.20. The Kier molecular flexibility index (Phi) is 10.3. The van der Waals surface area contributed by atoms with Gasteiger partial charge in [0.2, 0.25) is 0 Å². The van der Waals surface area contributed by atoms with E-state index in [0.717, 1.165) is 63.5 Å². The Labute approximate surface area is 160 Å². The van der Waals surface area contributed by atoms with E-state index < -0.39 is 0 Å². The third-order valence-corrected chi connectivity index (χ3v) is 5.09. The maximum absolute atomic E-state index is 5.70. The molecule has 2 aliphatic heterocycles. The highest BCUT2D eigenvalue weighted by Crippen LogP contribution is 2.16. The summed E-state index contributed by atoms with van der Waals surface area (Å²) in [6, 6.07) is 0. The largest absolute Gasteiger partial charge is 0.379 e. The molecule has 0 aromatic heterocycles. The first kappa shape index (κ1) is 21.5. The summed E-state index contributed by atoms with van der Waals surface area (Å²) >= 11 is 0. The van der Waals surface area contributed by atoms with Crippen LogP contribution in [0.25, 0.3) is 0 Å². The van der Waals surface area contributed by atoms with E-state index in [2.05, 4.69) is 34.4 Å². The van der Waals surface area contributed by atoms with Gasteiger partial charge in [-0.1, -0.05) is 13.8 Å². The van der Waals surface area contributed by atoms with E-state index in [1.807, 2.05) is 7.05 Å². The molecule has 0 amide bonds. The van der Waals surface area contributed by atoms with Gasteiger partial charge in [-0.25, -0.2) is 0 Å². The van der Waals surface area contributed by atoms with Crippen LogP contribution in [0.15, 0.2) is 4.99 Å². The van der Waals surface area contributed by atoms with Crippen molar-refractivity contribution in [1.82, 2.24) is 15.5 Å². The molecule has 6 nitrogen and oxygen atoms in total. The summed E-state index contributed by atoms with van der Waals surface area (Å²) in [5.74, 6) is 2.37. The van der Waals surface area contributed by atoms with Gasteiger partial charge in [0.25, 0.3) is 0 Å². The van der Waals surface area contributed by atoms with Crippen LogP contribution in [0.5, 0.6) is 0 Å². The molecule has 2 saturated heterocycles. The lowest BCUT2D eigenvalue weighted by Crippen LogP contribution is -2.45. The van der Waals surface area contributed by atoms with Gasteiger partial charge in [0.05, 0.1) is 12.7 Å². The fraction of sp³-hybridized carbons (Fsp3) is 0.950. The summed E-state index contributed by atoms with van der Waals surface area (Å²) in [7, 11) is 1.84. The van der Waals surface area contributed by atoms with Crippen molar-refractivity contribution >= 4 is 5.96 Å². The van der Waals surface area contributed by atoms with E-state index >= 15 is 0 Å². The number of rotatable bonds is 10. The summed E-state index contributed by atoms with van der Waals surface area (Å²) in [5, 5.41) is 6.89. The Balaban J connectivity index is 1.51. The number of aliphatic imine (C=N–C) groups is 1. The van der Waals surface area contributed by atoms with Crippen molar-refractivity contribution < 1.29 is 9.47 Å². The maximum atomic E-state index is 5.70. The van der Waals surface area contributed by atoms with Crippen LogP contribution in [0.3, 0.4) is 0 Å². The minimum atomic E-state index is 0.322. The molecule has 0 aromatic carbocycles. The average molecular weight is 369 g/mol. The zero-order valence-electron chi connectivity index (χ0n) is 17.1. The van der Waals surface area contributed by atoms with Gasteiger partial charge in [-0.05, 0) is 50.5 Å². The van der Waals surface area contributed by atoms with Crippen LogP contribution in [0.4, 0.5) is 0 Å². The number of hydrogen-bond donors (Lipinski definition) is 2. The predicted molar refractivity (Wildman–Crippen MR) is 108 cm³/mol. The Morgan fingerprint density at radius 1 is 1.27 bits per heavy atom. The molecule has 2 aliphatic rings. The second-order valence-electron chi connectivity index (χ2n) is 8.11. The van der Waals surface area contributed by atoms with Crippen LogP contribution in [0.2, 0.25) is 0 Å². The molecule has 0 bridgehead atoms. The number of hydrogen-bond acceptors (Lipinski definition) is 4. The van der Waals surface area contributed by atoms with Gasteiger partial charge in [0, 0.05) is 46.4 Å². The first-order valence-electron chi connectivity index (χ1n) is 10.5. The number of likely N-dealkylation sites (tertiary alicyclic amines) is 1. The lowest BCUT2D eigenvalue weighted by molar-refractivity contribution is 0.0168. The Morgan fingerprint density at radius 2 is 2.15 bits per heavy atom. The number of guanidine groups is 1. The van der Waals surface area contributed by atoms with Crippen LogP contribution in [0, 0.1) is 11.8 Å². The van der Waals surface area contributed by atoms with Gasteiger partial charge in [-0.3, -0.25) is 4.99 Å². The monoisotopic (exact) mass is 368 g/mol. The SMILES string of the molecule is CN=C(NCCCOCC1CCCO1)NCC1CCCN(CC(C)C)C1. The lowest BCUT2D eigenvalue weighted by atomic mass is 9.97. The zero-order valence-corrected chi connectivity index (χ0v) is 17.1. The van der Waals surface area contributed by atoms with Crippen molar-refractivity contribution in [3.05, 3.63) is 0 Å². The molecule has 0 aliphatic carbocycles. The second-order valence-corrected chi connectivity index (χ2v) is 8.11. The van der Waals surface area contributed by atoms with Crippen molar-refractivity contribution in [2.24, 2.45) is 16.8 Å². The first-order chi connectivity index (χ1) is 12.7. The third-order valence-electron chi connectivity index (χ3n) is 5.09. The molecule has 2 fully saturated rings. The standard InChI is InChI=1S/C20H40N4O2/c1-17(2)14-24-10-4-7-18(15-24)13-23-20(21-3)22-9-6-11-25-16-19-8-5-12-26-19/h17-19H,4-16H2,1-3H3,(H2,21,22,23). The molecular formula is C20H40N4O2. The van der Waals surface area contributed by atoms with Gasteiger partial charge in [0.15, 0.2) is 5.96 Å². The number of nitrogens with one attached hydrogen (secondary N) is 2. The third kappa shape index (κ3) is 8.69. The van der Waals surface area contributed by atoms with Gasteiger partial charge in [-0.2, -0.15) is 0 Å². The van der Waals surface area contributed by atoms with Crippen molar-refractivity contribution in [2.45, 2.75) is 52.1 Å². The fourth-order valence-corrected chi connectivity index (χ4v) is 3.83. The van der Waals surface area contributed by atoms with E-state index in [9.17, 15) is 0 Å². The molecule has 26 heavy (non-hydrogen) atoms. The van der Waals surface area contributed by atoms with E-state index in [-0.39, 0.29) is 0 Å². The van der Waals surface area contributed by atoms with E-state index in [1.165, 1.54) is 38.9 Å². The van der Waals surface area contributed by atoms with Crippen LogP contribution >= 0.6 is 0 Å². The molecule has 152 valence electrons. The molecular weight excluding hydrogens is 328 g/mol. The Hall–Kier alpha value is -0.850. The number of piperidine rings is 1. The van der Waals surface area contributed by atoms with Crippen LogP contribution in [-0.2, 0) is 9.47 Å². The molecule has 0 spiro atoms. The second kappa shape index (κ2) is 12.5. The molecule has 6 heteroatoms. The van der Waals surface area contributed by atoms with Gasteiger partial charge in [-0.15, -0.1) is 0 Å². The highest BCUT2D eigenvalue weighted by molar-refractivity contribution is 5.79. The number of ether oxygens (including phenoxy) is 2. The van der Waals surface area contributed by atoms with Crippen LogP contribution in [-0.4, -0.2) is 76.6 Å². The predicted octanol–water partition coefficient (Wildman–Crippen LogP) is 2.11. The molecule has 0 aromatic rings. The topological polar surface area (TPSA) is 58.1 Å². The zero-order chi connectivity index (χ0) is 18.6. The molecule has 2 N–H and O–H groups in total. The summed E-state index contributed by atoms with van der Waals surface area (Å²) in [4.78, 5) is 6.95. The molecule has 2 atom stereocenters. The van der Waals surface area contributed by atoms with Gasteiger partial charge < -0.3 is 25.0 Å². The van der Waals surface area contributed by atoms with Crippen LogP contribution in [0.1, 0.15) is 46.0 Å². The van der Waals surface area contributed by atoms with Crippen molar-refractivity contribution in [3.63, 3.8) is 0 Å². The van der Waals surface area contributed by atoms with Gasteiger partial charge >= 0.3 is 0 Å². The summed E-state index contributed by atoms with van der Waals surface area (Å²) in [5.41, 5.74) is 0. The summed E-state index contributed by atoms with van der Waals surface area (Å²) in [6.07, 6.45) is 6.25. The average Bonchev–Trinajstić information content (AvgIpc) is 3.13. The summed E-state index contributed by atoms with van der Waals surface area (Å²) in [6.45, 7) is 12.6. The molecule has 2 heterocycles. The normalized spacial score (nSPS) is 25.0. The molecule has 2 rings (SSSR count). The smallest absolute Gasteiger partial charge is 0.190 e. The van der Waals surface area contributed by atoms with E-state index in [0.29, 0.717) is 6.10 Å². The minimum absolute atomic E-state index is 0.322. The Morgan fingerprint density at radius 3 is 2.88 bits per heavy atom. The molecule has 2 unspecified atom stereocenters. The van der Waals surface area contributed by atoms with Crippen molar-refractivity contribution in [3.8, 4) is 0 Å². The van der Waals surface area contributed by atoms with Crippen molar-refractivity contribution in [2.75, 3.05) is 59.6 Å². The number of nitrogens with zero attached hydrogens (tertiary/aromatic N) is 2. The molecule has 0 radical (unpaired) electrons. The van der Waals surface area contributed by atoms with Gasteiger partial charge in [0.1, 0.15) is 0 Å². The van der Waals surface area contributed by atoms with E-state index in [4.69, 9.17) is 9.47 Å². The minimum Gasteiger partial charge on any atom is -0.379 e. The lowest BCUT2D eigenvalue weighted by Gasteiger charge is -2.34. The summed E-state index contributed by atoms with van der Waals surface area (Å²) < 4.78 is 11.3. The van der Waals surface area contributed by atoms with Crippen LogP contribution < -0.4 is 10.6 Å². The fourth-order valence-electron chi connectivity index (χ4n) is 3.83. The highest BCUT2D eigenvalue weighted by atomic mass is 16.5. The maximum Gasteiger partial charge on any atom is 0.190 e. The quantitative estimate of drug-likeness (QED) is 0.351. The Bertz CT molecular complexity index is 397. The van der Waals surface area contributed by atoms with Crippen molar-refractivity contribution in [1.29, 1.82) is 0 Å².